The molecule has 0 aromatic carbocycles. The molecule has 0 rings (SSSR count). The Labute approximate surface area is 189 Å². The molecule has 0 amide bonds. The topological polar surface area (TPSA) is 20.2 Å². The first-order valence-corrected chi connectivity index (χ1v) is 12.7. The van der Waals surface area contributed by atoms with Crippen molar-refractivity contribution in [2.45, 2.75) is 130 Å². The van der Waals surface area contributed by atoms with Crippen LogP contribution in [-0.2, 0) is 0 Å². The molecular formula is C25H54BrNO. The number of unbranched alkanes of at least 4 members (excludes halogenated alkanes) is 15. The molecule has 3 heteroatoms. The average molecular weight is 465 g/mol. The summed E-state index contributed by atoms with van der Waals surface area (Å²) in [5.41, 5.74) is 0. The summed E-state index contributed by atoms with van der Waals surface area (Å²) in [4.78, 5) is 0. The maximum Gasteiger partial charge on any atom is 0.0808 e. The lowest BCUT2D eigenvalue weighted by Crippen LogP contribution is -3.00. The van der Waals surface area contributed by atoms with Gasteiger partial charge in [0.05, 0.1) is 26.2 Å². The highest BCUT2D eigenvalue weighted by atomic mass is 79.9. The smallest absolute Gasteiger partial charge is 0.0808 e. The van der Waals surface area contributed by atoms with E-state index in [4.69, 9.17) is 5.11 Å². The molecule has 2 nitrogen and oxygen atoms in total. The minimum absolute atomic E-state index is 0. The van der Waals surface area contributed by atoms with Crippen molar-refractivity contribution in [2.75, 3.05) is 32.8 Å². The molecule has 0 aliphatic heterocycles. The van der Waals surface area contributed by atoms with E-state index in [0.29, 0.717) is 6.61 Å². The Hall–Kier alpha value is 0.400. The molecule has 0 spiro atoms. The maximum atomic E-state index is 9.12. The molecule has 0 saturated heterocycles. The van der Waals surface area contributed by atoms with Crippen molar-refractivity contribution >= 4 is 0 Å². The molecule has 0 radical (unpaired) electrons. The van der Waals surface area contributed by atoms with Gasteiger partial charge in [0.25, 0.3) is 0 Å². The third kappa shape index (κ3) is 18.4. The van der Waals surface area contributed by atoms with E-state index in [9.17, 15) is 0 Å². The van der Waals surface area contributed by atoms with E-state index in [2.05, 4.69) is 20.8 Å². The second-order valence-corrected chi connectivity index (χ2v) is 8.80. The fraction of sp³-hybridized carbons (Fsp3) is 1.00. The van der Waals surface area contributed by atoms with E-state index in [1.165, 1.54) is 127 Å². The van der Waals surface area contributed by atoms with E-state index in [-0.39, 0.29) is 17.0 Å². The zero-order valence-corrected chi connectivity index (χ0v) is 21.4. The Kier molecular flexibility index (Phi) is 25.9. The summed E-state index contributed by atoms with van der Waals surface area (Å²) in [5, 5.41) is 9.12. The molecule has 0 unspecified atom stereocenters. The van der Waals surface area contributed by atoms with Gasteiger partial charge in [0.15, 0.2) is 0 Å². The zero-order chi connectivity index (χ0) is 20.1. The van der Waals surface area contributed by atoms with Crippen molar-refractivity contribution in [3.63, 3.8) is 0 Å². The van der Waals surface area contributed by atoms with Crippen LogP contribution < -0.4 is 17.0 Å². The maximum absolute atomic E-state index is 9.12. The predicted molar refractivity (Wildman–Crippen MR) is 122 cm³/mol. The van der Waals surface area contributed by atoms with Crippen molar-refractivity contribution in [3.05, 3.63) is 0 Å². The second kappa shape index (κ2) is 23.7. The van der Waals surface area contributed by atoms with Gasteiger partial charge < -0.3 is 26.6 Å². The first kappa shape index (κ1) is 30.6. The highest BCUT2D eigenvalue weighted by molar-refractivity contribution is 4.51. The summed E-state index contributed by atoms with van der Waals surface area (Å²) >= 11 is 0. The van der Waals surface area contributed by atoms with Gasteiger partial charge in [-0.15, -0.1) is 0 Å². The molecule has 0 saturated carbocycles. The summed E-state index contributed by atoms with van der Waals surface area (Å²) in [6.07, 6.45) is 24.0. The molecule has 0 aromatic rings. The summed E-state index contributed by atoms with van der Waals surface area (Å²) < 4.78 is 1.21. The number of rotatable bonds is 22. The fourth-order valence-electron chi connectivity index (χ4n) is 4.37. The minimum Gasteiger partial charge on any atom is -1.00 e. The first-order chi connectivity index (χ1) is 13.2. The van der Waals surface area contributed by atoms with Gasteiger partial charge in [0, 0.05) is 13.0 Å². The standard InChI is InChI=1S/C25H54NO.BrH/c1-4-7-8-9-10-11-12-13-14-15-16-17-18-19-20-21-23-26(5-2,6-3)24-22-25-27;/h27H,4-25H2,1-3H3;1H/q+1;/p-1. The number of hydrogen-bond donors (Lipinski definition) is 1. The van der Waals surface area contributed by atoms with Crippen molar-refractivity contribution in [2.24, 2.45) is 0 Å². The molecular weight excluding hydrogens is 410 g/mol. The quantitative estimate of drug-likeness (QED) is 0.185. The third-order valence-electron chi connectivity index (χ3n) is 6.62. The zero-order valence-electron chi connectivity index (χ0n) is 19.8. The fourth-order valence-corrected chi connectivity index (χ4v) is 4.37. The lowest BCUT2D eigenvalue weighted by Gasteiger charge is -2.37. The highest BCUT2D eigenvalue weighted by Gasteiger charge is 2.21. The van der Waals surface area contributed by atoms with E-state index in [1.54, 1.807) is 0 Å². The molecule has 0 heterocycles. The molecule has 0 aliphatic carbocycles. The number of aliphatic hydroxyl groups excluding tert-OH is 1. The van der Waals surface area contributed by atoms with E-state index >= 15 is 0 Å². The molecule has 0 aliphatic rings. The van der Waals surface area contributed by atoms with Gasteiger partial charge in [-0.05, 0) is 26.7 Å². The van der Waals surface area contributed by atoms with E-state index in [1.807, 2.05) is 0 Å². The molecule has 0 bridgehead atoms. The van der Waals surface area contributed by atoms with Crippen LogP contribution in [0.1, 0.15) is 130 Å². The monoisotopic (exact) mass is 463 g/mol. The lowest BCUT2D eigenvalue weighted by molar-refractivity contribution is -0.925. The van der Waals surface area contributed by atoms with Gasteiger partial charge in [0.2, 0.25) is 0 Å². The largest absolute Gasteiger partial charge is 1.00 e. The van der Waals surface area contributed by atoms with Gasteiger partial charge >= 0.3 is 0 Å². The van der Waals surface area contributed by atoms with Gasteiger partial charge in [-0.2, -0.15) is 0 Å². The number of hydrogen-bond acceptors (Lipinski definition) is 1. The molecule has 1 N–H and O–H groups in total. The van der Waals surface area contributed by atoms with Crippen molar-refractivity contribution in [1.82, 2.24) is 0 Å². The van der Waals surface area contributed by atoms with E-state index in [0.717, 1.165) is 13.0 Å². The van der Waals surface area contributed by atoms with Crippen LogP contribution in [0.15, 0.2) is 0 Å². The number of halogens is 1. The van der Waals surface area contributed by atoms with Crippen LogP contribution in [0.3, 0.4) is 0 Å². The van der Waals surface area contributed by atoms with Crippen LogP contribution in [0.25, 0.3) is 0 Å². The Morgan fingerprint density at radius 2 is 0.786 bits per heavy atom. The van der Waals surface area contributed by atoms with Crippen LogP contribution in [0.4, 0.5) is 0 Å². The van der Waals surface area contributed by atoms with Crippen LogP contribution in [0, 0.1) is 0 Å². The second-order valence-electron chi connectivity index (χ2n) is 8.80. The van der Waals surface area contributed by atoms with Crippen LogP contribution >= 0.6 is 0 Å². The number of aliphatic hydroxyl groups is 1. The molecule has 28 heavy (non-hydrogen) atoms. The number of quaternary nitrogens is 1. The SMILES string of the molecule is CCCCCCCCCCCCCCCCCC[N+](CC)(CC)CCCO.[Br-]. The average Bonchev–Trinajstić information content (AvgIpc) is 2.70. The van der Waals surface area contributed by atoms with Crippen LogP contribution in [0.5, 0.6) is 0 Å². The number of nitrogens with zero attached hydrogens (tertiary/aromatic N) is 1. The normalized spacial score (nSPS) is 11.6. The molecule has 0 aromatic heterocycles. The van der Waals surface area contributed by atoms with E-state index < -0.39 is 0 Å². The Balaban J connectivity index is 0. The summed E-state index contributed by atoms with van der Waals surface area (Å²) in [5.74, 6) is 0. The minimum atomic E-state index is 0. The first-order valence-electron chi connectivity index (χ1n) is 12.7. The molecule has 172 valence electrons. The Bertz CT molecular complexity index is 282. The summed E-state index contributed by atoms with van der Waals surface area (Å²) in [6.45, 7) is 12.2. The summed E-state index contributed by atoms with van der Waals surface area (Å²) in [7, 11) is 0. The predicted octanol–water partition coefficient (Wildman–Crippen LogP) is 4.49. The van der Waals surface area contributed by atoms with Gasteiger partial charge in [-0.3, -0.25) is 0 Å². The van der Waals surface area contributed by atoms with Gasteiger partial charge in [-0.25, -0.2) is 0 Å². The van der Waals surface area contributed by atoms with Crippen molar-refractivity contribution in [1.29, 1.82) is 0 Å². The van der Waals surface area contributed by atoms with Crippen molar-refractivity contribution in [3.8, 4) is 0 Å². The van der Waals surface area contributed by atoms with Crippen molar-refractivity contribution < 1.29 is 26.6 Å². The summed E-state index contributed by atoms with van der Waals surface area (Å²) in [6, 6.07) is 0. The van der Waals surface area contributed by atoms with Gasteiger partial charge in [-0.1, -0.05) is 96.8 Å². The van der Waals surface area contributed by atoms with Crippen LogP contribution in [0.2, 0.25) is 0 Å². The lowest BCUT2D eigenvalue weighted by atomic mass is 10.0. The molecule has 0 atom stereocenters. The third-order valence-corrected chi connectivity index (χ3v) is 6.62. The molecule has 0 fully saturated rings. The van der Waals surface area contributed by atoms with Crippen LogP contribution in [-0.4, -0.2) is 42.4 Å². The Morgan fingerprint density at radius 1 is 0.464 bits per heavy atom. The van der Waals surface area contributed by atoms with Gasteiger partial charge in [0.1, 0.15) is 0 Å². The highest BCUT2D eigenvalue weighted by Crippen LogP contribution is 2.15. The Morgan fingerprint density at radius 3 is 1.11 bits per heavy atom.